The van der Waals surface area contributed by atoms with E-state index in [1.807, 2.05) is 6.92 Å². The molecule has 1 aromatic carbocycles. The number of carbonyl (C=O) groups excluding carboxylic acids is 1. The summed E-state index contributed by atoms with van der Waals surface area (Å²) in [5.74, 6) is -1.05. The molecule has 2 aromatic rings. The van der Waals surface area contributed by atoms with Crippen molar-refractivity contribution in [2.24, 2.45) is 0 Å². The molecule has 0 bridgehead atoms. The fourth-order valence-electron chi connectivity index (χ4n) is 1.71. The molecule has 0 aliphatic heterocycles. The smallest absolute Gasteiger partial charge is 0.281 e. The number of nitro benzene ring substituents is 1. The van der Waals surface area contributed by atoms with Crippen LogP contribution in [0.5, 0.6) is 0 Å². The predicted octanol–water partition coefficient (Wildman–Crippen LogP) is 1.73. The van der Waals surface area contributed by atoms with Gasteiger partial charge in [-0.15, -0.1) is 10.2 Å². The molecule has 2 rings (SSSR count). The maximum Gasteiger partial charge on any atom is 0.281 e. The van der Waals surface area contributed by atoms with E-state index < -0.39 is 10.9 Å². The van der Waals surface area contributed by atoms with Gasteiger partial charge in [0.15, 0.2) is 0 Å². The first-order chi connectivity index (χ1) is 10.9. The normalized spacial score (nSPS) is 11.5. The SMILES string of the molecule is CCc1nnc(S/C(=C/c2ccc(C)c([N+](=O)[O-])c2)C(=O)[O-])o1. The zero-order valence-electron chi connectivity index (χ0n) is 12.3. The first-order valence-electron chi connectivity index (χ1n) is 6.59. The molecule has 0 N–H and O–H groups in total. The number of aryl methyl sites for hydroxylation is 2. The third-order valence-corrected chi connectivity index (χ3v) is 3.72. The van der Waals surface area contributed by atoms with Gasteiger partial charge in [-0.3, -0.25) is 10.1 Å². The van der Waals surface area contributed by atoms with Crippen LogP contribution in [0.1, 0.15) is 23.9 Å². The highest BCUT2D eigenvalue weighted by molar-refractivity contribution is 8.03. The molecule has 120 valence electrons. The van der Waals surface area contributed by atoms with Gasteiger partial charge >= 0.3 is 0 Å². The second kappa shape index (κ2) is 7.05. The predicted molar refractivity (Wildman–Crippen MR) is 80.4 cm³/mol. The van der Waals surface area contributed by atoms with Gasteiger partial charge in [0.1, 0.15) is 0 Å². The highest BCUT2D eigenvalue weighted by Crippen LogP contribution is 2.28. The van der Waals surface area contributed by atoms with E-state index in [1.165, 1.54) is 12.1 Å². The minimum atomic E-state index is -1.44. The van der Waals surface area contributed by atoms with Crippen molar-refractivity contribution in [1.82, 2.24) is 10.2 Å². The topological polar surface area (TPSA) is 122 Å². The lowest BCUT2D eigenvalue weighted by atomic mass is 10.1. The Morgan fingerprint density at radius 2 is 2.17 bits per heavy atom. The van der Waals surface area contributed by atoms with E-state index in [1.54, 1.807) is 19.1 Å². The third-order valence-electron chi connectivity index (χ3n) is 2.88. The number of carboxylic acids is 1. The summed E-state index contributed by atoms with van der Waals surface area (Å²) in [4.78, 5) is 21.5. The number of hydrogen-bond acceptors (Lipinski definition) is 8. The largest absolute Gasteiger partial charge is 0.544 e. The Balaban J connectivity index is 2.33. The van der Waals surface area contributed by atoms with Crippen LogP contribution in [0.25, 0.3) is 6.08 Å². The summed E-state index contributed by atoms with van der Waals surface area (Å²) in [6.07, 6.45) is 1.80. The number of rotatable bonds is 6. The van der Waals surface area contributed by atoms with Crippen LogP contribution < -0.4 is 5.11 Å². The van der Waals surface area contributed by atoms with Gasteiger partial charge in [0.2, 0.25) is 5.89 Å². The highest BCUT2D eigenvalue weighted by atomic mass is 32.2. The molecule has 0 atom stereocenters. The van der Waals surface area contributed by atoms with Crippen molar-refractivity contribution in [3.8, 4) is 0 Å². The summed E-state index contributed by atoms with van der Waals surface area (Å²) in [7, 11) is 0. The van der Waals surface area contributed by atoms with Gasteiger partial charge in [0, 0.05) is 23.0 Å². The minimum Gasteiger partial charge on any atom is -0.544 e. The molecule has 0 saturated carbocycles. The molecule has 0 fully saturated rings. The van der Waals surface area contributed by atoms with Crippen molar-refractivity contribution in [2.45, 2.75) is 25.5 Å². The average molecular weight is 334 g/mol. The molecule has 0 saturated heterocycles. The molecule has 0 aliphatic carbocycles. The molecule has 0 aliphatic rings. The van der Waals surface area contributed by atoms with E-state index >= 15 is 0 Å². The van der Waals surface area contributed by atoms with Crippen LogP contribution in [-0.2, 0) is 11.2 Å². The van der Waals surface area contributed by atoms with Crippen LogP contribution >= 0.6 is 11.8 Å². The number of carboxylic acid groups (broad SMARTS) is 1. The van der Waals surface area contributed by atoms with E-state index in [2.05, 4.69) is 10.2 Å². The Labute approximate surface area is 135 Å². The van der Waals surface area contributed by atoms with Gasteiger partial charge in [-0.1, -0.05) is 19.1 Å². The Morgan fingerprint density at radius 1 is 1.43 bits per heavy atom. The molecule has 1 heterocycles. The second-order valence-electron chi connectivity index (χ2n) is 4.52. The summed E-state index contributed by atoms with van der Waals surface area (Å²) in [5.41, 5.74) is 0.760. The minimum absolute atomic E-state index is 0.0684. The maximum atomic E-state index is 11.2. The van der Waals surface area contributed by atoms with Crippen LogP contribution in [0.15, 0.2) is 32.7 Å². The molecule has 1 aromatic heterocycles. The van der Waals surface area contributed by atoms with Crippen LogP contribution in [0.3, 0.4) is 0 Å². The Kier molecular flexibility index (Phi) is 5.12. The van der Waals surface area contributed by atoms with Crippen LogP contribution in [-0.4, -0.2) is 21.1 Å². The van der Waals surface area contributed by atoms with E-state index in [-0.39, 0.29) is 15.8 Å². The molecule has 0 radical (unpaired) electrons. The van der Waals surface area contributed by atoms with Crippen molar-refractivity contribution >= 4 is 29.5 Å². The van der Waals surface area contributed by atoms with Crippen molar-refractivity contribution in [3.05, 3.63) is 50.2 Å². The second-order valence-corrected chi connectivity index (χ2v) is 5.51. The summed E-state index contributed by atoms with van der Waals surface area (Å²) in [6.45, 7) is 3.42. The lowest BCUT2D eigenvalue weighted by Crippen LogP contribution is -2.23. The van der Waals surface area contributed by atoms with Crippen LogP contribution in [0.2, 0.25) is 0 Å². The van der Waals surface area contributed by atoms with Crippen molar-refractivity contribution in [1.29, 1.82) is 0 Å². The number of aliphatic carboxylic acids is 1. The number of nitro groups is 1. The number of nitrogens with zero attached hydrogens (tertiary/aromatic N) is 3. The number of aromatic nitrogens is 2. The Bertz CT molecular complexity index is 784. The van der Waals surface area contributed by atoms with Gasteiger partial charge in [-0.25, -0.2) is 0 Å². The average Bonchev–Trinajstić information content (AvgIpc) is 2.95. The summed E-state index contributed by atoms with van der Waals surface area (Å²) in [6, 6.07) is 4.42. The fraction of sp³-hybridized carbons (Fsp3) is 0.214. The van der Waals surface area contributed by atoms with Crippen LogP contribution in [0.4, 0.5) is 5.69 Å². The summed E-state index contributed by atoms with van der Waals surface area (Å²) >= 11 is 0.735. The lowest BCUT2D eigenvalue weighted by Gasteiger charge is -2.06. The fourth-order valence-corrected chi connectivity index (χ4v) is 2.40. The van der Waals surface area contributed by atoms with E-state index in [0.29, 0.717) is 23.4 Å². The molecule has 0 spiro atoms. The zero-order chi connectivity index (χ0) is 17.0. The lowest BCUT2D eigenvalue weighted by molar-refractivity contribution is -0.385. The molecule has 8 nitrogen and oxygen atoms in total. The van der Waals surface area contributed by atoms with Gasteiger partial charge in [-0.2, -0.15) is 0 Å². The van der Waals surface area contributed by atoms with Gasteiger partial charge in [0.05, 0.1) is 10.9 Å². The quantitative estimate of drug-likeness (QED) is 0.339. The molecular weight excluding hydrogens is 322 g/mol. The van der Waals surface area contributed by atoms with Gasteiger partial charge in [-0.05, 0) is 30.3 Å². The molecular formula is C14H12N3O5S-. The van der Waals surface area contributed by atoms with E-state index in [0.717, 1.165) is 11.8 Å². The maximum absolute atomic E-state index is 11.2. The monoisotopic (exact) mass is 334 g/mol. The number of hydrogen-bond donors (Lipinski definition) is 0. The molecule has 0 unspecified atom stereocenters. The zero-order valence-corrected chi connectivity index (χ0v) is 13.1. The van der Waals surface area contributed by atoms with E-state index in [4.69, 9.17) is 4.42 Å². The van der Waals surface area contributed by atoms with Crippen molar-refractivity contribution in [3.63, 3.8) is 0 Å². The molecule has 0 amide bonds. The van der Waals surface area contributed by atoms with E-state index in [9.17, 15) is 20.0 Å². The Morgan fingerprint density at radius 3 is 2.74 bits per heavy atom. The first-order valence-corrected chi connectivity index (χ1v) is 7.40. The van der Waals surface area contributed by atoms with Crippen molar-refractivity contribution < 1.29 is 19.2 Å². The first kappa shape index (κ1) is 16.7. The van der Waals surface area contributed by atoms with Gasteiger partial charge < -0.3 is 14.3 Å². The van der Waals surface area contributed by atoms with Crippen LogP contribution in [0, 0.1) is 17.0 Å². The molecule has 9 heteroatoms. The molecule has 23 heavy (non-hydrogen) atoms. The standard InChI is InChI=1S/C14H13N3O5S/c1-3-12-15-16-14(22-12)23-11(13(18)19)7-9-5-4-8(2)10(6-9)17(20)21/h4-7H,3H2,1-2H3,(H,18,19)/p-1/b11-7+. The van der Waals surface area contributed by atoms with Gasteiger partial charge in [0.25, 0.3) is 10.9 Å². The third kappa shape index (κ3) is 4.16. The highest BCUT2D eigenvalue weighted by Gasteiger charge is 2.13. The number of thioether (sulfide) groups is 1. The number of carbonyl (C=O) groups is 1. The number of benzene rings is 1. The van der Waals surface area contributed by atoms with Crippen molar-refractivity contribution in [2.75, 3.05) is 0 Å². The summed E-state index contributed by atoms with van der Waals surface area (Å²) < 4.78 is 5.23. The summed E-state index contributed by atoms with van der Waals surface area (Å²) in [5, 5.41) is 29.7. The Hall–Kier alpha value is -2.68.